The van der Waals surface area contributed by atoms with Gasteiger partial charge < -0.3 is 5.32 Å². The van der Waals surface area contributed by atoms with Gasteiger partial charge in [0.2, 0.25) is 10.0 Å². The van der Waals surface area contributed by atoms with Gasteiger partial charge in [-0.25, -0.2) is 13.1 Å². The van der Waals surface area contributed by atoms with Crippen LogP contribution in [0.15, 0.2) is 24.5 Å². The zero-order valence-electron chi connectivity index (χ0n) is 16.0. The number of aromatic nitrogens is 1. The summed E-state index contributed by atoms with van der Waals surface area (Å²) in [5, 5.41) is 2.96. The number of hydrogen-bond acceptors (Lipinski definition) is 4. The number of nitrogens with one attached hydrogen (secondary N) is 2. The van der Waals surface area contributed by atoms with Gasteiger partial charge in [-0.2, -0.15) is 0 Å². The van der Waals surface area contributed by atoms with Crippen LogP contribution in [-0.4, -0.2) is 36.7 Å². The molecule has 2 unspecified atom stereocenters. The lowest BCUT2D eigenvalue weighted by atomic mass is 9.61. The maximum Gasteiger partial charge on any atom is 0.213 e. The highest BCUT2D eigenvalue weighted by atomic mass is 32.2. The zero-order valence-corrected chi connectivity index (χ0v) is 17.6. The molecule has 2 atom stereocenters. The summed E-state index contributed by atoms with van der Waals surface area (Å²) in [6, 6.07) is 4.06. The van der Waals surface area contributed by atoms with Gasteiger partial charge in [0.1, 0.15) is 0 Å². The monoisotopic (exact) mass is 397 g/mol. The van der Waals surface area contributed by atoms with E-state index in [-0.39, 0.29) is 5.41 Å². The van der Waals surface area contributed by atoms with Crippen LogP contribution in [0, 0.1) is 5.92 Å². The number of nitrogens with zero attached hydrogens (tertiary/aromatic N) is 1. The number of thiocarbonyl (C=S) groups is 1. The zero-order chi connectivity index (χ0) is 19.2. The fourth-order valence-corrected chi connectivity index (χ4v) is 5.20. The molecule has 1 aliphatic carbocycles. The summed E-state index contributed by atoms with van der Waals surface area (Å²) in [7, 11) is -3.24. The van der Waals surface area contributed by atoms with Crippen molar-refractivity contribution in [2.75, 3.05) is 13.1 Å². The van der Waals surface area contributed by atoms with Crippen LogP contribution in [0.1, 0.15) is 58.4 Å². The Morgan fingerprint density at radius 2 is 2.19 bits per heavy atom. The van der Waals surface area contributed by atoms with Crippen molar-refractivity contribution in [2.45, 2.75) is 63.5 Å². The van der Waals surface area contributed by atoms with E-state index in [4.69, 9.17) is 12.2 Å². The highest BCUT2D eigenvalue weighted by Crippen LogP contribution is 2.46. The van der Waals surface area contributed by atoms with E-state index in [2.05, 4.69) is 28.0 Å². The molecular weight excluding hydrogens is 366 g/mol. The number of rotatable bonds is 8. The molecule has 0 bridgehead atoms. The SMILES string of the molecule is CCNC(=S)C1(c2cccnc2)CCCCC1CCNS(=O)(=O)C(C)C. The normalized spacial score (nSPS) is 23.8. The van der Waals surface area contributed by atoms with Crippen LogP contribution in [-0.2, 0) is 15.4 Å². The molecule has 1 aromatic rings. The summed E-state index contributed by atoms with van der Waals surface area (Å²) in [4.78, 5) is 5.19. The van der Waals surface area contributed by atoms with E-state index in [1.54, 1.807) is 20.0 Å². The van der Waals surface area contributed by atoms with E-state index in [9.17, 15) is 8.42 Å². The maximum absolute atomic E-state index is 12.1. The molecule has 1 saturated carbocycles. The van der Waals surface area contributed by atoms with Gasteiger partial charge in [0, 0.05) is 30.9 Å². The fraction of sp³-hybridized carbons (Fsp3) is 0.684. The first-order chi connectivity index (χ1) is 12.3. The van der Waals surface area contributed by atoms with Gasteiger partial charge in [-0.3, -0.25) is 4.98 Å². The first kappa shape index (κ1) is 21.3. The van der Waals surface area contributed by atoms with Crippen LogP contribution < -0.4 is 10.0 Å². The molecule has 7 heteroatoms. The lowest BCUT2D eigenvalue weighted by Crippen LogP contribution is -2.51. The summed E-state index contributed by atoms with van der Waals surface area (Å²) in [6.45, 7) is 6.68. The molecule has 1 aromatic heterocycles. The van der Waals surface area contributed by atoms with Crippen LogP contribution in [0.3, 0.4) is 0 Å². The van der Waals surface area contributed by atoms with Crippen LogP contribution in [0.4, 0.5) is 0 Å². The number of pyridine rings is 1. The average Bonchev–Trinajstić information content (AvgIpc) is 2.63. The Bertz CT molecular complexity index is 692. The van der Waals surface area contributed by atoms with Gasteiger partial charge in [0.05, 0.1) is 10.2 Å². The quantitative estimate of drug-likeness (QED) is 0.659. The number of hydrogen-bond donors (Lipinski definition) is 2. The predicted molar refractivity (Wildman–Crippen MR) is 111 cm³/mol. The van der Waals surface area contributed by atoms with Crippen molar-refractivity contribution in [3.8, 4) is 0 Å². The third-order valence-corrected chi connectivity index (χ3v) is 7.76. The molecular formula is C19H31N3O2S2. The second-order valence-corrected chi connectivity index (χ2v) is 10.0. The lowest BCUT2D eigenvalue weighted by Gasteiger charge is -2.45. The molecule has 26 heavy (non-hydrogen) atoms. The minimum absolute atomic E-state index is 0.263. The minimum Gasteiger partial charge on any atom is -0.379 e. The van der Waals surface area contributed by atoms with E-state index in [1.807, 2.05) is 12.3 Å². The van der Waals surface area contributed by atoms with Crippen molar-refractivity contribution < 1.29 is 8.42 Å². The lowest BCUT2D eigenvalue weighted by molar-refractivity contribution is 0.238. The molecule has 1 fully saturated rings. The summed E-state index contributed by atoms with van der Waals surface area (Å²) < 4.78 is 26.9. The van der Waals surface area contributed by atoms with Crippen molar-refractivity contribution in [2.24, 2.45) is 5.92 Å². The van der Waals surface area contributed by atoms with Crippen LogP contribution in [0.25, 0.3) is 0 Å². The largest absolute Gasteiger partial charge is 0.379 e. The van der Waals surface area contributed by atoms with Gasteiger partial charge in [-0.05, 0) is 57.6 Å². The molecule has 1 aliphatic rings. The summed E-state index contributed by atoms with van der Waals surface area (Å²) in [6.07, 6.45) is 8.76. The maximum atomic E-state index is 12.1. The Kier molecular flexibility index (Phi) is 7.55. The van der Waals surface area contributed by atoms with E-state index in [0.29, 0.717) is 12.5 Å². The number of sulfonamides is 1. The van der Waals surface area contributed by atoms with Crippen molar-refractivity contribution in [3.63, 3.8) is 0 Å². The third kappa shape index (κ3) is 4.61. The van der Waals surface area contributed by atoms with Gasteiger partial charge in [0.25, 0.3) is 0 Å². The Hall–Kier alpha value is -1.05. The first-order valence-electron chi connectivity index (χ1n) is 9.52. The Morgan fingerprint density at radius 3 is 2.81 bits per heavy atom. The highest BCUT2D eigenvalue weighted by Gasteiger charge is 2.45. The molecule has 0 aromatic carbocycles. The third-order valence-electron chi connectivity index (χ3n) is 5.41. The van der Waals surface area contributed by atoms with E-state index in [1.165, 1.54) is 0 Å². The van der Waals surface area contributed by atoms with Crippen molar-refractivity contribution >= 4 is 27.2 Å². The first-order valence-corrected chi connectivity index (χ1v) is 11.5. The standard InChI is InChI=1S/C19H31N3O2S2/c1-4-21-18(25)19(17-9-7-12-20-14-17)11-6-5-8-16(19)10-13-22-26(23,24)15(2)3/h7,9,12,14-16,22H,4-6,8,10-11,13H2,1-3H3,(H,21,25). The average molecular weight is 398 g/mol. The van der Waals surface area contributed by atoms with Gasteiger partial charge >= 0.3 is 0 Å². The molecule has 0 saturated heterocycles. The molecule has 0 aliphatic heterocycles. The van der Waals surface area contributed by atoms with Gasteiger partial charge in [-0.1, -0.05) is 31.1 Å². The van der Waals surface area contributed by atoms with Crippen molar-refractivity contribution in [3.05, 3.63) is 30.1 Å². The van der Waals surface area contributed by atoms with Crippen molar-refractivity contribution in [1.29, 1.82) is 0 Å². The second-order valence-electron chi connectivity index (χ2n) is 7.29. The molecule has 0 spiro atoms. The fourth-order valence-electron chi connectivity index (χ4n) is 3.93. The van der Waals surface area contributed by atoms with E-state index in [0.717, 1.165) is 49.2 Å². The Morgan fingerprint density at radius 1 is 1.42 bits per heavy atom. The molecule has 2 rings (SSSR count). The Labute approximate surface area is 163 Å². The molecule has 5 nitrogen and oxygen atoms in total. The molecule has 0 amide bonds. The predicted octanol–water partition coefficient (Wildman–Crippen LogP) is 3.16. The highest BCUT2D eigenvalue weighted by molar-refractivity contribution is 7.90. The topological polar surface area (TPSA) is 71.1 Å². The molecule has 146 valence electrons. The van der Waals surface area contributed by atoms with Crippen LogP contribution >= 0.6 is 12.2 Å². The van der Waals surface area contributed by atoms with Crippen molar-refractivity contribution in [1.82, 2.24) is 15.0 Å². The van der Waals surface area contributed by atoms with E-state index >= 15 is 0 Å². The summed E-state index contributed by atoms with van der Waals surface area (Å²) in [5.74, 6) is 0.293. The van der Waals surface area contributed by atoms with Gasteiger partial charge in [-0.15, -0.1) is 0 Å². The second kappa shape index (κ2) is 9.24. The Balaban J connectivity index is 2.27. The smallest absolute Gasteiger partial charge is 0.213 e. The molecule has 0 radical (unpaired) electrons. The minimum atomic E-state index is -3.24. The van der Waals surface area contributed by atoms with Crippen LogP contribution in [0.2, 0.25) is 0 Å². The molecule has 1 heterocycles. The van der Waals surface area contributed by atoms with Gasteiger partial charge in [0.15, 0.2) is 0 Å². The molecule has 2 N–H and O–H groups in total. The number of likely N-dealkylation sites (N-methyl/N-ethyl adjacent to an activating group) is 1. The van der Waals surface area contributed by atoms with Crippen LogP contribution in [0.5, 0.6) is 0 Å². The summed E-state index contributed by atoms with van der Waals surface area (Å²) in [5.41, 5.74) is 0.878. The summed E-state index contributed by atoms with van der Waals surface area (Å²) >= 11 is 5.83. The van der Waals surface area contributed by atoms with E-state index < -0.39 is 15.3 Å².